The maximum absolute atomic E-state index is 15.5. The molecule has 3 aromatic heterocycles. The van der Waals surface area contributed by atoms with Gasteiger partial charge in [-0.25, -0.2) is 33.5 Å². The molecule has 300 valence electrons. The second-order valence-corrected chi connectivity index (χ2v) is 15.1. The highest BCUT2D eigenvalue weighted by molar-refractivity contribution is 6.33. The quantitative estimate of drug-likeness (QED) is 0.137. The van der Waals surface area contributed by atoms with Gasteiger partial charge < -0.3 is 29.3 Å². The lowest BCUT2D eigenvalue weighted by molar-refractivity contribution is 0.114. The van der Waals surface area contributed by atoms with Crippen LogP contribution in [0.5, 0.6) is 11.5 Å². The van der Waals surface area contributed by atoms with Gasteiger partial charge in [0.25, 0.3) is 0 Å². The van der Waals surface area contributed by atoms with E-state index in [9.17, 15) is 14.7 Å². The van der Waals surface area contributed by atoms with Crippen LogP contribution in [0.2, 0.25) is 5.02 Å². The summed E-state index contributed by atoms with van der Waals surface area (Å²) < 4.78 is 27.7. The van der Waals surface area contributed by atoms with Crippen LogP contribution in [0.4, 0.5) is 20.8 Å². The van der Waals surface area contributed by atoms with Crippen molar-refractivity contribution in [2.75, 3.05) is 37.1 Å². The van der Waals surface area contributed by atoms with E-state index in [1.807, 2.05) is 74.2 Å². The Hall–Kier alpha value is -6.28. The first-order valence-electron chi connectivity index (χ1n) is 18.9. The van der Waals surface area contributed by atoms with Crippen LogP contribution >= 0.6 is 11.6 Å². The van der Waals surface area contributed by atoms with Crippen LogP contribution in [-0.2, 0) is 13.1 Å². The molecule has 0 radical (unpaired) electrons. The first-order chi connectivity index (χ1) is 27.9. The van der Waals surface area contributed by atoms with E-state index < -0.39 is 23.6 Å². The number of piperazine rings is 1. The summed E-state index contributed by atoms with van der Waals surface area (Å²) in [6.07, 6.45) is 0.455. The van der Waals surface area contributed by atoms with Crippen molar-refractivity contribution in [3.63, 3.8) is 0 Å². The van der Waals surface area contributed by atoms with E-state index in [4.69, 9.17) is 41.0 Å². The maximum Gasteiger partial charge on any atom is 0.407 e. The summed E-state index contributed by atoms with van der Waals surface area (Å²) in [5.74, 6) is 1.40. The van der Waals surface area contributed by atoms with Crippen LogP contribution in [0.1, 0.15) is 50.4 Å². The number of rotatable bonds is 11. The van der Waals surface area contributed by atoms with Crippen molar-refractivity contribution >= 4 is 40.4 Å². The molecule has 0 spiro atoms. The molecule has 6 aromatic rings. The van der Waals surface area contributed by atoms with Gasteiger partial charge in [-0.15, -0.1) is 0 Å². The molecular weight excluding hydrogens is 763 g/mol. The van der Waals surface area contributed by atoms with E-state index in [0.29, 0.717) is 47.2 Å². The summed E-state index contributed by atoms with van der Waals surface area (Å²) in [5, 5.41) is 10.4. The number of hydrogen-bond donors (Lipinski definition) is 1. The third-order valence-electron chi connectivity index (χ3n) is 10.4. The van der Waals surface area contributed by atoms with E-state index >= 15 is 4.39 Å². The molecule has 1 N–H and O–H groups in total. The summed E-state index contributed by atoms with van der Waals surface area (Å²) in [6.45, 7) is 8.80. The zero-order valence-corrected chi connectivity index (χ0v) is 33.8. The Bertz CT molecular complexity index is 2470. The second-order valence-electron chi connectivity index (χ2n) is 14.6. The van der Waals surface area contributed by atoms with Crippen molar-refractivity contribution in [1.29, 1.82) is 0 Å². The number of pyridine rings is 1. The minimum atomic E-state index is -1.03. The van der Waals surface area contributed by atoms with Gasteiger partial charge in [0.1, 0.15) is 35.1 Å². The fraction of sp³-hybridized carbons (Fsp3) is 0.302. The molecule has 13 nitrogen and oxygen atoms in total. The molecule has 1 aliphatic rings. The average Bonchev–Trinajstić information content (AvgIpc) is 3.21. The first kappa shape index (κ1) is 39.9. The number of ether oxygens (including phenoxy) is 2. The number of nitrogens with zero attached hydrogens (tertiary/aromatic N) is 8. The normalized spacial score (nSPS) is 15.5. The summed E-state index contributed by atoms with van der Waals surface area (Å²) in [7, 11) is 3.23. The van der Waals surface area contributed by atoms with E-state index in [1.54, 1.807) is 45.4 Å². The molecule has 1 saturated heterocycles. The standard InChI is InChI=1S/C43H44ClFN8O5/c1-25(2)36-38(41(47-24-46-36)50(22-28-11-15-30(57-5)16-12-28)23-29-13-17-31(58-6)18-14-29)53-40-33(19-34(44)37(48-40)32-9-7-8-10-35(32)45)39(49-42(53)54)51-20-27(4)52(43(55)56)21-26(51)3/h7-19,24-27H,20-23H2,1-6H3,(H,55,56). The largest absolute Gasteiger partial charge is 0.497 e. The minimum absolute atomic E-state index is 0.132. The zero-order chi connectivity index (χ0) is 41.2. The molecule has 2 atom stereocenters. The molecule has 1 amide bonds. The Kier molecular flexibility index (Phi) is 11.5. The number of hydrogen-bond acceptors (Lipinski definition) is 10. The van der Waals surface area contributed by atoms with Crippen LogP contribution in [0, 0.1) is 5.82 Å². The molecule has 15 heteroatoms. The number of carboxylic acid groups (broad SMARTS) is 1. The van der Waals surface area contributed by atoms with Gasteiger partial charge in [0.15, 0.2) is 11.5 Å². The van der Waals surface area contributed by atoms with Crippen molar-refractivity contribution in [2.24, 2.45) is 0 Å². The molecule has 0 saturated carbocycles. The lowest BCUT2D eigenvalue weighted by Crippen LogP contribution is -2.58. The summed E-state index contributed by atoms with van der Waals surface area (Å²) in [6, 6.07) is 22.5. The molecular formula is C43H44ClFN8O5. The minimum Gasteiger partial charge on any atom is -0.497 e. The van der Waals surface area contributed by atoms with E-state index in [1.165, 1.54) is 21.9 Å². The Labute approximate surface area is 340 Å². The fourth-order valence-electron chi connectivity index (χ4n) is 7.42. The molecule has 0 bridgehead atoms. The molecule has 3 aromatic carbocycles. The van der Waals surface area contributed by atoms with E-state index in [2.05, 4.69) is 4.90 Å². The maximum atomic E-state index is 15.5. The number of anilines is 2. The monoisotopic (exact) mass is 806 g/mol. The molecule has 4 heterocycles. The average molecular weight is 807 g/mol. The van der Waals surface area contributed by atoms with Crippen LogP contribution in [-0.4, -0.2) is 80.0 Å². The summed E-state index contributed by atoms with van der Waals surface area (Å²) in [4.78, 5) is 51.7. The van der Waals surface area contributed by atoms with Gasteiger partial charge in [-0.3, -0.25) is 0 Å². The van der Waals surface area contributed by atoms with Crippen molar-refractivity contribution in [3.8, 4) is 28.4 Å². The predicted molar refractivity (Wildman–Crippen MR) is 222 cm³/mol. The zero-order valence-electron chi connectivity index (χ0n) is 33.1. The van der Waals surface area contributed by atoms with Gasteiger partial charge in [0, 0.05) is 43.8 Å². The molecule has 2 unspecified atom stereocenters. The summed E-state index contributed by atoms with van der Waals surface area (Å²) >= 11 is 6.98. The number of aromatic nitrogens is 5. The van der Waals surface area contributed by atoms with E-state index in [-0.39, 0.29) is 52.8 Å². The van der Waals surface area contributed by atoms with Crippen LogP contribution < -0.4 is 25.0 Å². The van der Waals surface area contributed by atoms with Crippen molar-refractivity contribution in [3.05, 3.63) is 123 Å². The SMILES string of the molecule is COc1ccc(CN(Cc2ccc(OC)cc2)c2ncnc(C(C)C)c2-n2c(=O)nc(N3CC(C)N(C(=O)O)CC3C)c3cc(Cl)c(-c4ccccc4F)nc32)cc1. The lowest BCUT2D eigenvalue weighted by Gasteiger charge is -2.43. The van der Waals surface area contributed by atoms with Gasteiger partial charge in [-0.1, -0.05) is 61.8 Å². The van der Waals surface area contributed by atoms with E-state index in [0.717, 1.165) is 11.1 Å². The number of halogens is 2. The number of fused-ring (bicyclic) bond motifs is 1. The van der Waals surface area contributed by atoms with Gasteiger partial charge in [0.2, 0.25) is 0 Å². The Morgan fingerprint density at radius 3 is 2.10 bits per heavy atom. The van der Waals surface area contributed by atoms with Crippen molar-refractivity contribution < 1.29 is 23.8 Å². The molecule has 7 rings (SSSR count). The fourth-order valence-corrected chi connectivity index (χ4v) is 7.67. The Morgan fingerprint density at radius 1 is 0.914 bits per heavy atom. The third kappa shape index (κ3) is 7.84. The highest BCUT2D eigenvalue weighted by Gasteiger charge is 2.35. The van der Waals surface area contributed by atoms with Gasteiger partial charge in [0.05, 0.1) is 36.0 Å². The predicted octanol–water partition coefficient (Wildman–Crippen LogP) is 7.95. The number of amides is 1. The van der Waals surface area contributed by atoms with Gasteiger partial charge >= 0.3 is 11.8 Å². The van der Waals surface area contributed by atoms with Gasteiger partial charge in [-0.2, -0.15) is 4.98 Å². The highest BCUT2D eigenvalue weighted by Crippen LogP contribution is 2.38. The number of carbonyl (C=O) groups is 1. The summed E-state index contributed by atoms with van der Waals surface area (Å²) in [5.41, 5.74) is 2.58. The van der Waals surface area contributed by atoms with Crippen molar-refractivity contribution in [2.45, 2.75) is 58.8 Å². The molecule has 1 aliphatic heterocycles. The number of benzene rings is 3. The lowest BCUT2D eigenvalue weighted by atomic mass is 10.1. The Balaban J connectivity index is 1.51. The topological polar surface area (TPSA) is 139 Å². The second kappa shape index (κ2) is 16.7. The number of methoxy groups -OCH3 is 2. The van der Waals surface area contributed by atoms with Crippen LogP contribution in [0.25, 0.3) is 28.0 Å². The smallest absolute Gasteiger partial charge is 0.407 e. The van der Waals surface area contributed by atoms with Gasteiger partial charge in [-0.05, 0) is 73.4 Å². The Morgan fingerprint density at radius 2 is 1.53 bits per heavy atom. The molecule has 58 heavy (non-hydrogen) atoms. The third-order valence-corrected chi connectivity index (χ3v) is 10.7. The molecule has 1 fully saturated rings. The molecule has 0 aliphatic carbocycles. The van der Waals surface area contributed by atoms with Crippen molar-refractivity contribution in [1.82, 2.24) is 29.4 Å². The van der Waals surface area contributed by atoms with Crippen LogP contribution in [0.3, 0.4) is 0 Å². The highest BCUT2D eigenvalue weighted by atomic mass is 35.5. The van der Waals surface area contributed by atoms with Crippen LogP contribution in [0.15, 0.2) is 90.0 Å². The first-order valence-corrected chi connectivity index (χ1v) is 19.3.